The number of piperidine rings is 2. The number of alkyl halides is 3. The average molecular weight is 317 g/mol. The van der Waals surface area contributed by atoms with E-state index in [1.165, 1.54) is 6.07 Å². The van der Waals surface area contributed by atoms with Gasteiger partial charge in [0.1, 0.15) is 5.82 Å². The van der Waals surface area contributed by atoms with Gasteiger partial charge in [0, 0.05) is 18.6 Å². The number of aliphatic hydroxyl groups excluding tert-OH is 1. The van der Waals surface area contributed by atoms with Crippen molar-refractivity contribution >= 4 is 0 Å². The van der Waals surface area contributed by atoms with Gasteiger partial charge in [-0.15, -0.1) is 0 Å². The van der Waals surface area contributed by atoms with Gasteiger partial charge in [-0.25, -0.2) is 4.39 Å². The van der Waals surface area contributed by atoms with Crippen molar-refractivity contribution in [2.75, 3.05) is 0 Å². The molecule has 0 spiro atoms. The summed E-state index contributed by atoms with van der Waals surface area (Å²) in [6.45, 7) is 0.308. The third-order valence-electron chi connectivity index (χ3n) is 4.75. The highest BCUT2D eigenvalue weighted by atomic mass is 19.4. The zero-order chi connectivity index (χ0) is 15.9. The topological polar surface area (TPSA) is 23.5 Å². The van der Waals surface area contributed by atoms with Crippen LogP contribution >= 0.6 is 0 Å². The fraction of sp³-hybridized carbons (Fsp3) is 0.625. The Hall–Kier alpha value is -1.14. The SMILES string of the molecule is OC1C[C@H]2CCC[C@@H](C1)N2Cc1cc(F)cc(C(F)(F)F)c1. The molecule has 3 rings (SSSR count). The second kappa shape index (κ2) is 5.81. The van der Waals surface area contributed by atoms with E-state index in [0.29, 0.717) is 31.0 Å². The zero-order valence-corrected chi connectivity index (χ0v) is 12.1. The molecule has 2 aliphatic rings. The first kappa shape index (κ1) is 15.7. The number of halogens is 4. The molecule has 1 aromatic rings. The van der Waals surface area contributed by atoms with Gasteiger partial charge in [-0.3, -0.25) is 4.90 Å². The van der Waals surface area contributed by atoms with E-state index in [4.69, 9.17) is 0 Å². The Morgan fingerprint density at radius 2 is 1.73 bits per heavy atom. The lowest BCUT2D eigenvalue weighted by molar-refractivity contribution is -0.137. The van der Waals surface area contributed by atoms with Crippen molar-refractivity contribution in [3.8, 4) is 0 Å². The molecule has 1 unspecified atom stereocenters. The molecule has 2 heterocycles. The lowest BCUT2D eigenvalue weighted by atomic mass is 9.82. The van der Waals surface area contributed by atoms with Crippen molar-refractivity contribution in [3.05, 3.63) is 35.1 Å². The maximum Gasteiger partial charge on any atom is 0.416 e. The molecule has 122 valence electrons. The van der Waals surface area contributed by atoms with Crippen LogP contribution in [0.4, 0.5) is 17.6 Å². The van der Waals surface area contributed by atoms with E-state index >= 15 is 0 Å². The standard InChI is InChI=1S/C16H19F4NO/c17-12-5-10(4-11(6-12)16(18,19)20)9-21-13-2-1-3-14(21)8-15(22)7-13/h4-6,13-15,22H,1-3,7-9H2/t13-,14+,15?. The molecule has 0 aliphatic carbocycles. The van der Waals surface area contributed by atoms with Gasteiger partial charge in [0.05, 0.1) is 11.7 Å². The average Bonchev–Trinajstić information content (AvgIpc) is 2.38. The van der Waals surface area contributed by atoms with Crippen molar-refractivity contribution in [3.63, 3.8) is 0 Å². The number of benzene rings is 1. The van der Waals surface area contributed by atoms with Crippen LogP contribution in [0.15, 0.2) is 18.2 Å². The number of aliphatic hydroxyl groups is 1. The largest absolute Gasteiger partial charge is 0.416 e. The number of rotatable bonds is 2. The van der Waals surface area contributed by atoms with E-state index in [9.17, 15) is 22.7 Å². The quantitative estimate of drug-likeness (QED) is 0.840. The molecule has 1 N–H and O–H groups in total. The lowest BCUT2D eigenvalue weighted by Crippen LogP contribution is -2.52. The van der Waals surface area contributed by atoms with Crippen molar-refractivity contribution in [2.24, 2.45) is 0 Å². The third-order valence-corrected chi connectivity index (χ3v) is 4.75. The van der Waals surface area contributed by atoms with Gasteiger partial charge >= 0.3 is 6.18 Å². The van der Waals surface area contributed by atoms with Crippen LogP contribution in [0.3, 0.4) is 0 Å². The molecule has 6 heteroatoms. The maximum atomic E-state index is 13.5. The van der Waals surface area contributed by atoms with Crippen molar-refractivity contribution in [1.29, 1.82) is 0 Å². The molecule has 1 aromatic carbocycles. The Morgan fingerprint density at radius 1 is 1.09 bits per heavy atom. The first-order chi connectivity index (χ1) is 10.3. The first-order valence-electron chi connectivity index (χ1n) is 7.63. The molecule has 2 fully saturated rings. The Morgan fingerprint density at radius 3 is 2.32 bits per heavy atom. The Balaban J connectivity index is 1.82. The van der Waals surface area contributed by atoms with Crippen LogP contribution < -0.4 is 0 Å². The molecule has 3 atom stereocenters. The number of hydrogen-bond acceptors (Lipinski definition) is 2. The van der Waals surface area contributed by atoms with Crippen LogP contribution in [0.5, 0.6) is 0 Å². The summed E-state index contributed by atoms with van der Waals surface area (Å²) < 4.78 is 51.9. The molecule has 0 aromatic heterocycles. The Labute approximate surface area is 126 Å². The van der Waals surface area contributed by atoms with Gasteiger partial charge in [0.15, 0.2) is 0 Å². The fourth-order valence-corrected chi connectivity index (χ4v) is 3.82. The molecule has 2 nitrogen and oxygen atoms in total. The van der Waals surface area contributed by atoms with Crippen molar-refractivity contribution < 1.29 is 22.7 Å². The summed E-state index contributed by atoms with van der Waals surface area (Å²) in [5.74, 6) is -0.855. The van der Waals surface area contributed by atoms with Crippen LogP contribution in [0.25, 0.3) is 0 Å². The van der Waals surface area contributed by atoms with E-state index < -0.39 is 17.6 Å². The second-order valence-electron chi connectivity index (χ2n) is 6.38. The second-order valence-corrected chi connectivity index (χ2v) is 6.38. The minimum absolute atomic E-state index is 0.181. The summed E-state index contributed by atoms with van der Waals surface area (Å²) in [4.78, 5) is 2.14. The van der Waals surface area contributed by atoms with Gasteiger partial charge < -0.3 is 5.11 Å². The smallest absolute Gasteiger partial charge is 0.393 e. The van der Waals surface area contributed by atoms with Gasteiger partial charge in [0.2, 0.25) is 0 Å². The summed E-state index contributed by atoms with van der Waals surface area (Å²) in [6, 6.07) is 3.10. The molecule has 2 aliphatic heterocycles. The van der Waals surface area contributed by atoms with E-state index in [0.717, 1.165) is 25.3 Å². The van der Waals surface area contributed by atoms with Crippen molar-refractivity contribution in [2.45, 2.75) is 63.0 Å². The van der Waals surface area contributed by atoms with Gasteiger partial charge in [-0.1, -0.05) is 6.42 Å². The highest BCUT2D eigenvalue weighted by molar-refractivity contribution is 5.27. The molecular formula is C16H19F4NO. The molecule has 0 radical (unpaired) electrons. The third kappa shape index (κ3) is 3.27. The molecule has 22 heavy (non-hydrogen) atoms. The summed E-state index contributed by atoms with van der Waals surface area (Å²) >= 11 is 0. The highest BCUT2D eigenvalue weighted by Crippen LogP contribution is 2.36. The summed E-state index contributed by atoms with van der Waals surface area (Å²) in [5, 5.41) is 9.86. The minimum Gasteiger partial charge on any atom is -0.393 e. The maximum absolute atomic E-state index is 13.5. The molecular weight excluding hydrogens is 298 g/mol. The Kier molecular flexibility index (Phi) is 4.16. The monoisotopic (exact) mass is 317 g/mol. The highest BCUT2D eigenvalue weighted by Gasteiger charge is 2.38. The van der Waals surface area contributed by atoms with Crippen molar-refractivity contribution in [1.82, 2.24) is 4.90 Å². The summed E-state index contributed by atoms with van der Waals surface area (Å²) in [5.41, 5.74) is -0.592. The van der Waals surface area contributed by atoms with Crippen LogP contribution in [0.1, 0.15) is 43.2 Å². The first-order valence-corrected chi connectivity index (χ1v) is 7.63. The molecule has 0 amide bonds. The van der Waals surface area contributed by atoms with E-state index in [1.807, 2.05) is 0 Å². The van der Waals surface area contributed by atoms with E-state index in [2.05, 4.69) is 4.90 Å². The number of nitrogens with zero attached hydrogens (tertiary/aromatic N) is 1. The zero-order valence-electron chi connectivity index (χ0n) is 12.1. The van der Waals surface area contributed by atoms with Crippen LogP contribution in [0.2, 0.25) is 0 Å². The van der Waals surface area contributed by atoms with E-state index in [1.54, 1.807) is 0 Å². The summed E-state index contributed by atoms with van der Waals surface area (Å²) in [6.07, 6.45) is -0.606. The van der Waals surface area contributed by atoms with Gasteiger partial charge in [-0.2, -0.15) is 13.2 Å². The van der Waals surface area contributed by atoms with Gasteiger partial charge in [-0.05, 0) is 49.4 Å². The van der Waals surface area contributed by atoms with Gasteiger partial charge in [0.25, 0.3) is 0 Å². The predicted octanol–water partition coefficient (Wildman–Crippen LogP) is 3.72. The van der Waals surface area contributed by atoms with Crippen LogP contribution in [0, 0.1) is 5.82 Å². The molecule has 0 saturated carbocycles. The predicted molar refractivity (Wildman–Crippen MR) is 73.6 cm³/mol. The normalized spacial score (nSPS) is 29.6. The van der Waals surface area contributed by atoms with Crippen LogP contribution in [-0.4, -0.2) is 28.2 Å². The molecule has 2 bridgehead atoms. The number of hydrogen-bond donors (Lipinski definition) is 1. The lowest BCUT2D eigenvalue weighted by Gasteiger charge is -2.48. The van der Waals surface area contributed by atoms with E-state index in [-0.39, 0.29) is 18.2 Å². The fourth-order valence-electron chi connectivity index (χ4n) is 3.82. The summed E-state index contributed by atoms with van der Waals surface area (Å²) in [7, 11) is 0. The van der Waals surface area contributed by atoms with Crippen LogP contribution in [-0.2, 0) is 12.7 Å². The Bertz CT molecular complexity index is 531. The number of fused-ring (bicyclic) bond motifs is 2. The molecule has 2 saturated heterocycles. The minimum atomic E-state index is -4.54.